The molecule has 1 atom stereocenters. The van der Waals surface area contributed by atoms with E-state index in [0.29, 0.717) is 18.0 Å². The van der Waals surface area contributed by atoms with Crippen LogP contribution in [0, 0.1) is 0 Å². The van der Waals surface area contributed by atoms with Gasteiger partial charge in [0.05, 0.1) is 0 Å². The van der Waals surface area contributed by atoms with E-state index in [0.717, 1.165) is 16.5 Å². The summed E-state index contributed by atoms with van der Waals surface area (Å²) in [5, 5.41) is 20.6. The van der Waals surface area contributed by atoms with Gasteiger partial charge in [-0.15, -0.1) is 0 Å². The number of carbonyl (C=O) groups is 1. The highest BCUT2D eigenvalue weighted by Gasteiger charge is 2.35. The van der Waals surface area contributed by atoms with E-state index in [2.05, 4.69) is 38.1 Å². The largest absolute Gasteiger partial charge is 0.479 e. The quantitative estimate of drug-likeness (QED) is 0.736. The summed E-state index contributed by atoms with van der Waals surface area (Å²) in [6.45, 7) is 6.26. The molecule has 0 saturated heterocycles. The Morgan fingerprint density at radius 2 is 1.76 bits per heavy atom. The molecule has 2 aromatic carbocycles. The van der Waals surface area contributed by atoms with E-state index in [1.54, 1.807) is 6.20 Å². The van der Waals surface area contributed by atoms with Gasteiger partial charge in [-0.2, -0.15) is 0 Å². The van der Waals surface area contributed by atoms with Gasteiger partial charge < -0.3 is 14.8 Å². The van der Waals surface area contributed by atoms with Gasteiger partial charge in [0.1, 0.15) is 0 Å². The number of carboxylic acids is 1. The minimum atomic E-state index is -1.92. The molecule has 25 heavy (non-hydrogen) atoms. The van der Waals surface area contributed by atoms with Crippen LogP contribution in [0.4, 0.5) is 0 Å². The third-order valence-corrected chi connectivity index (χ3v) is 4.73. The van der Waals surface area contributed by atoms with Crippen molar-refractivity contribution < 1.29 is 15.0 Å². The second kappa shape index (κ2) is 6.37. The topological polar surface area (TPSA) is 62.5 Å². The Bertz CT molecular complexity index is 905. The van der Waals surface area contributed by atoms with Gasteiger partial charge in [0.25, 0.3) is 0 Å². The maximum Gasteiger partial charge on any atom is 0.340 e. The van der Waals surface area contributed by atoms with Crippen molar-refractivity contribution in [2.75, 3.05) is 0 Å². The average molecular weight is 337 g/mol. The fraction of sp³-hybridized carbons (Fsp3) is 0.286. The summed E-state index contributed by atoms with van der Waals surface area (Å²) in [7, 11) is 0. The molecule has 4 heteroatoms. The molecule has 0 amide bonds. The standard InChI is InChI=1S/C21H23NO3/c1-14(2)16-10-8-15(9-11-16)12-22-13-18(21(3,25)20(23)24)17-6-4-5-7-19(17)22/h4-11,13-14,25H,12H2,1-3H3,(H,23,24). The summed E-state index contributed by atoms with van der Waals surface area (Å²) >= 11 is 0. The molecule has 0 aliphatic carbocycles. The highest BCUT2D eigenvalue weighted by Crippen LogP contribution is 2.31. The zero-order valence-electron chi connectivity index (χ0n) is 14.7. The minimum Gasteiger partial charge on any atom is -0.479 e. The van der Waals surface area contributed by atoms with E-state index in [-0.39, 0.29) is 0 Å². The fourth-order valence-corrected chi connectivity index (χ4v) is 3.09. The summed E-state index contributed by atoms with van der Waals surface area (Å²) in [5.74, 6) is -0.768. The van der Waals surface area contributed by atoms with E-state index < -0.39 is 11.6 Å². The molecule has 0 aliphatic rings. The zero-order chi connectivity index (χ0) is 18.2. The number of aliphatic hydroxyl groups is 1. The van der Waals surface area contributed by atoms with Gasteiger partial charge in [-0.1, -0.05) is 56.3 Å². The van der Waals surface area contributed by atoms with Gasteiger partial charge in [-0.3, -0.25) is 0 Å². The molecule has 3 aromatic rings. The normalized spacial score (nSPS) is 14.0. The predicted molar refractivity (Wildman–Crippen MR) is 98.8 cm³/mol. The van der Waals surface area contributed by atoms with Crippen LogP contribution >= 0.6 is 0 Å². The van der Waals surface area contributed by atoms with Crippen LogP contribution < -0.4 is 0 Å². The average Bonchev–Trinajstić information content (AvgIpc) is 2.95. The van der Waals surface area contributed by atoms with Crippen molar-refractivity contribution in [2.45, 2.75) is 38.8 Å². The first kappa shape index (κ1) is 17.2. The van der Waals surface area contributed by atoms with E-state index in [1.807, 2.05) is 28.8 Å². The molecular formula is C21H23NO3. The number of aliphatic carboxylic acids is 1. The van der Waals surface area contributed by atoms with Crippen LogP contribution in [0.25, 0.3) is 10.9 Å². The van der Waals surface area contributed by atoms with E-state index in [4.69, 9.17) is 0 Å². The molecule has 0 aliphatic heterocycles. The number of carboxylic acid groups (broad SMARTS) is 1. The summed E-state index contributed by atoms with van der Waals surface area (Å²) < 4.78 is 1.99. The maximum absolute atomic E-state index is 11.5. The van der Waals surface area contributed by atoms with Gasteiger partial charge in [0.2, 0.25) is 0 Å². The number of hydrogen-bond acceptors (Lipinski definition) is 2. The monoisotopic (exact) mass is 337 g/mol. The van der Waals surface area contributed by atoms with Crippen LogP contribution in [0.3, 0.4) is 0 Å². The molecule has 0 spiro atoms. The molecule has 0 fully saturated rings. The lowest BCUT2D eigenvalue weighted by atomic mass is 9.96. The van der Waals surface area contributed by atoms with E-state index in [9.17, 15) is 15.0 Å². The Kier molecular flexibility index (Phi) is 4.39. The van der Waals surface area contributed by atoms with Crippen LogP contribution in [0.2, 0.25) is 0 Å². The lowest BCUT2D eigenvalue weighted by Crippen LogP contribution is -2.31. The molecule has 1 unspecified atom stereocenters. The zero-order valence-corrected chi connectivity index (χ0v) is 14.7. The van der Waals surface area contributed by atoms with E-state index in [1.165, 1.54) is 12.5 Å². The SMILES string of the molecule is CC(C)c1ccc(Cn2cc(C(C)(O)C(=O)O)c3ccccc32)cc1. The molecule has 1 heterocycles. The molecule has 130 valence electrons. The lowest BCUT2D eigenvalue weighted by Gasteiger charge is -2.17. The van der Waals surface area contributed by atoms with Crippen LogP contribution in [-0.2, 0) is 16.9 Å². The Balaban J connectivity index is 2.04. The lowest BCUT2D eigenvalue weighted by molar-refractivity contribution is -0.157. The Morgan fingerprint density at radius 1 is 1.12 bits per heavy atom. The number of para-hydroxylation sites is 1. The molecule has 3 rings (SSSR count). The van der Waals surface area contributed by atoms with Crippen LogP contribution in [0.1, 0.15) is 43.4 Å². The summed E-state index contributed by atoms with van der Waals surface area (Å²) in [6, 6.07) is 16.0. The van der Waals surface area contributed by atoms with Crippen LogP contribution in [0.15, 0.2) is 54.7 Å². The molecular weight excluding hydrogens is 314 g/mol. The predicted octanol–water partition coefficient (Wildman–Crippen LogP) is 4.11. The summed E-state index contributed by atoms with van der Waals surface area (Å²) in [4.78, 5) is 11.5. The van der Waals surface area contributed by atoms with Crippen molar-refractivity contribution in [3.63, 3.8) is 0 Å². The van der Waals surface area contributed by atoms with Gasteiger partial charge in [-0.05, 0) is 30.0 Å². The van der Waals surface area contributed by atoms with Gasteiger partial charge in [0, 0.05) is 29.2 Å². The highest BCUT2D eigenvalue weighted by atomic mass is 16.4. The molecule has 4 nitrogen and oxygen atoms in total. The van der Waals surface area contributed by atoms with Crippen molar-refractivity contribution >= 4 is 16.9 Å². The number of aromatic nitrogens is 1. The minimum absolute atomic E-state index is 0.411. The van der Waals surface area contributed by atoms with Crippen LogP contribution in [-0.4, -0.2) is 20.7 Å². The molecule has 0 bridgehead atoms. The number of benzene rings is 2. The first-order valence-corrected chi connectivity index (χ1v) is 8.43. The van der Waals surface area contributed by atoms with Crippen molar-refractivity contribution in [1.29, 1.82) is 0 Å². The van der Waals surface area contributed by atoms with E-state index >= 15 is 0 Å². The van der Waals surface area contributed by atoms with Crippen molar-refractivity contribution in [1.82, 2.24) is 4.57 Å². The second-order valence-corrected chi connectivity index (χ2v) is 6.96. The molecule has 0 radical (unpaired) electrons. The van der Waals surface area contributed by atoms with Crippen molar-refractivity contribution in [3.05, 3.63) is 71.4 Å². The Labute approximate surface area is 147 Å². The van der Waals surface area contributed by atoms with Crippen LogP contribution in [0.5, 0.6) is 0 Å². The first-order valence-electron chi connectivity index (χ1n) is 8.43. The van der Waals surface area contributed by atoms with Gasteiger partial charge in [-0.25, -0.2) is 4.79 Å². The Morgan fingerprint density at radius 3 is 2.36 bits per heavy atom. The molecule has 0 saturated carbocycles. The first-order chi connectivity index (χ1) is 11.8. The number of rotatable bonds is 5. The smallest absolute Gasteiger partial charge is 0.340 e. The summed E-state index contributed by atoms with van der Waals surface area (Å²) in [5.41, 5.74) is 1.82. The molecule has 1 aromatic heterocycles. The fourth-order valence-electron chi connectivity index (χ4n) is 3.09. The highest BCUT2D eigenvalue weighted by molar-refractivity contribution is 5.91. The maximum atomic E-state index is 11.5. The second-order valence-electron chi connectivity index (χ2n) is 6.96. The molecule has 2 N–H and O–H groups in total. The summed E-state index contributed by atoms with van der Waals surface area (Å²) in [6.07, 6.45) is 1.75. The van der Waals surface area contributed by atoms with Gasteiger partial charge in [0.15, 0.2) is 5.60 Å². The number of nitrogens with zero attached hydrogens (tertiary/aromatic N) is 1. The third-order valence-electron chi connectivity index (χ3n) is 4.73. The number of hydrogen-bond donors (Lipinski definition) is 2. The van der Waals surface area contributed by atoms with Crippen molar-refractivity contribution in [3.8, 4) is 0 Å². The van der Waals surface area contributed by atoms with Crippen molar-refractivity contribution in [2.24, 2.45) is 0 Å². The number of fused-ring (bicyclic) bond motifs is 1. The Hall–Kier alpha value is -2.59. The third kappa shape index (κ3) is 3.17. The van der Waals surface area contributed by atoms with Gasteiger partial charge >= 0.3 is 5.97 Å².